The van der Waals surface area contributed by atoms with Crippen LogP contribution >= 0.6 is 0 Å². The highest BCUT2D eigenvalue weighted by molar-refractivity contribution is 6.33. The summed E-state index contributed by atoms with van der Waals surface area (Å²) in [5.74, 6) is -2.93. The fourth-order valence-electron chi connectivity index (χ4n) is 2.82. The Bertz CT molecular complexity index is 731. The van der Waals surface area contributed by atoms with Gasteiger partial charge in [0.1, 0.15) is 5.60 Å². The Morgan fingerprint density at radius 2 is 1.81 bits per heavy atom. The van der Waals surface area contributed by atoms with E-state index in [4.69, 9.17) is 4.74 Å². The van der Waals surface area contributed by atoms with Crippen molar-refractivity contribution >= 4 is 23.9 Å². The molecule has 0 saturated carbocycles. The smallest absolute Gasteiger partial charge is 0.374 e. The first-order valence-electron chi connectivity index (χ1n) is 8.32. The minimum Gasteiger partial charge on any atom is -0.463 e. The second-order valence-corrected chi connectivity index (χ2v) is 7.05. The number of aliphatic imine (C=N–C) groups is 1. The van der Waals surface area contributed by atoms with E-state index >= 15 is 0 Å². The van der Waals surface area contributed by atoms with Gasteiger partial charge >= 0.3 is 11.9 Å². The number of rotatable bonds is 6. The third kappa shape index (κ3) is 4.25. The Balaban J connectivity index is 2.48. The maximum atomic E-state index is 13.0. The molecule has 2 unspecified atom stereocenters. The minimum absolute atomic E-state index is 0.225. The van der Waals surface area contributed by atoms with E-state index in [1.165, 1.54) is 6.21 Å². The molecule has 2 atom stereocenters. The summed E-state index contributed by atoms with van der Waals surface area (Å²) in [6.45, 7) is 5.29. The second kappa shape index (κ2) is 7.64. The monoisotopic (exact) mass is 357 g/mol. The summed E-state index contributed by atoms with van der Waals surface area (Å²) >= 11 is 0. The largest absolute Gasteiger partial charge is 0.463 e. The van der Waals surface area contributed by atoms with Crippen LogP contribution in [0, 0.1) is 0 Å². The Labute approximate surface area is 152 Å². The van der Waals surface area contributed by atoms with E-state index in [-0.39, 0.29) is 6.42 Å². The molecule has 0 spiro atoms. The number of nitrogens with zero attached hydrogens (tertiary/aromatic N) is 1. The quantitative estimate of drug-likeness (QED) is 0.577. The number of hydrogen-bond acceptors (Lipinski definition) is 6. The number of esters is 2. The SMILES string of the molecule is COC(=O)C(=O)CC(c1ccccc1)C1(C(=O)OC(C)(C)C)C=CC=N1. The van der Waals surface area contributed by atoms with Gasteiger partial charge in [-0.05, 0) is 38.5 Å². The zero-order valence-corrected chi connectivity index (χ0v) is 15.4. The zero-order chi connectivity index (χ0) is 19.4. The maximum absolute atomic E-state index is 13.0. The molecule has 0 radical (unpaired) electrons. The van der Waals surface area contributed by atoms with Gasteiger partial charge < -0.3 is 9.47 Å². The summed E-state index contributed by atoms with van der Waals surface area (Å²) in [7, 11) is 1.15. The van der Waals surface area contributed by atoms with Gasteiger partial charge in [-0.3, -0.25) is 9.79 Å². The number of carbonyl (C=O) groups is 3. The molecule has 1 heterocycles. The molecule has 0 bridgehead atoms. The lowest BCUT2D eigenvalue weighted by atomic mass is 9.76. The first-order valence-corrected chi connectivity index (χ1v) is 8.32. The number of methoxy groups -OCH3 is 1. The average molecular weight is 357 g/mol. The molecule has 1 aliphatic heterocycles. The van der Waals surface area contributed by atoms with Crippen molar-refractivity contribution in [3.63, 3.8) is 0 Å². The van der Waals surface area contributed by atoms with Crippen LogP contribution in [-0.2, 0) is 23.9 Å². The zero-order valence-electron chi connectivity index (χ0n) is 15.4. The van der Waals surface area contributed by atoms with Crippen LogP contribution in [0.1, 0.15) is 38.7 Å². The topological polar surface area (TPSA) is 82.0 Å². The van der Waals surface area contributed by atoms with Crippen LogP contribution in [-0.4, -0.2) is 42.2 Å². The van der Waals surface area contributed by atoms with Gasteiger partial charge in [0.25, 0.3) is 0 Å². The van der Waals surface area contributed by atoms with Gasteiger partial charge in [-0.25, -0.2) is 9.59 Å². The molecule has 0 N–H and O–H groups in total. The predicted octanol–water partition coefficient (Wildman–Crippen LogP) is 2.62. The summed E-state index contributed by atoms with van der Waals surface area (Å²) in [6, 6.07) is 9.02. The number of ether oxygens (including phenoxy) is 2. The van der Waals surface area contributed by atoms with Gasteiger partial charge in [0.05, 0.1) is 7.11 Å². The van der Waals surface area contributed by atoms with Gasteiger partial charge in [0, 0.05) is 18.6 Å². The molecule has 0 saturated heterocycles. The summed E-state index contributed by atoms with van der Waals surface area (Å²) in [6.07, 6.45) is 4.53. The molecular weight excluding hydrogens is 334 g/mol. The van der Waals surface area contributed by atoms with E-state index in [1.54, 1.807) is 57.2 Å². The number of allylic oxidation sites excluding steroid dienone is 1. The Kier molecular flexibility index (Phi) is 5.75. The van der Waals surface area contributed by atoms with Crippen molar-refractivity contribution in [3.05, 3.63) is 48.0 Å². The van der Waals surface area contributed by atoms with Crippen molar-refractivity contribution in [1.29, 1.82) is 0 Å². The highest BCUT2D eigenvalue weighted by atomic mass is 16.6. The maximum Gasteiger partial charge on any atom is 0.374 e. The summed E-state index contributed by atoms with van der Waals surface area (Å²) < 4.78 is 10.1. The standard InChI is InChI=1S/C20H23NO5/c1-19(2,3)26-18(24)20(11-8-12-21-20)15(13-16(22)17(23)25-4)14-9-6-5-7-10-14/h5-12,15H,13H2,1-4H3. The molecule has 0 aliphatic carbocycles. The molecule has 2 rings (SSSR count). The molecule has 1 aromatic rings. The van der Waals surface area contributed by atoms with Crippen LogP contribution in [0.15, 0.2) is 47.5 Å². The molecule has 6 nitrogen and oxygen atoms in total. The molecular formula is C20H23NO5. The third-order valence-electron chi connectivity index (χ3n) is 3.99. The van der Waals surface area contributed by atoms with Gasteiger partial charge in [-0.2, -0.15) is 0 Å². The van der Waals surface area contributed by atoms with E-state index in [1.807, 2.05) is 6.07 Å². The summed E-state index contributed by atoms with van der Waals surface area (Å²) in [5, 5.41) is 0. The summed E-state index contributed by atoms with van der Waals surface area (Å²) in [4.78, 5) is 41.3. The first kappa shape index (κ1) is 19.6. The molecule has 6 heteroatoms. The van der Waals surface area contributed by atoms with Gasteiger partial charge in [-0.15, -0.1) is 0 Å². The fourth-order valence-corrected chi connectivity index (χ4v) is 2.82. The van der Waals surface area contributed by atoms with Crippen molar-refractivity contribution in [2.75, 3.05) is 7.11 Å². The van der Waals surface area contributed by atoms with Gasteiger partial charge in [-0.1, -0.05) is 30.3 Å². The number of benzene rings is 1. The van der Waals surface area contributed by atoms with Crippen LogP contribution in [0.25, 0.3) is 0 Å². The Morgan fingerprint density at radius 3 is 2.31 bits per heavy atom. The molecule has 0 fully saturated rings. The fraction of sp³-hybridized carbons (Fsp3) is 0.400. The first-order chi connectivity index (χ1) is 12.2. The van der Waals surface area contributed by atoms with E-state index in [0.29, 0.717) is 5.56 Å². The highest BCUT2D eigenvalue weighted by Crippen LogP contribution is 2.39. The molecule has 0 amide bonds. The lowest BCUT2D eigenvalue weighted by Crippen LogP contribution is -2.45. The number of hydrogen-bond donors (Lipinski definition) is 0. The van der Waals surface area contributed by atoms with Crippen LogP contribution < -0.4 is 0 Å². The van der Waals surface area contributed by atoms with E-state index in [9.17, 15) is 14.4 Å². The van der Waals surface area contributed by atoms with Crippen LogP contribution in [0.5, 0.6) is 0 Å². The lowest BCUT2D eigenvalue weighted by molar-refractivity contribution is -0.161. The van der Waals surface area contributed by atoms with E-state index < -0.39 is 34.8 Å². The van der Waals surface area contributed by atoms with Crippen LogP contribution in [0.3, 0.4) is 0 Å². The Hall–Kier alpha value is -2.76. The molecule has 138 valence electrons. The molecule has 1 aromatic carbocycles. The molecule has 1 aliphatic rings. The van der Waals surface area contributed by atoms with Crippen LogP contribution in [0.2, 0.25) is 0 Å². The number of carbonyl (C=O) groups excluding carboxylic acids is 3. The van der Waals surface area contributed by atoms with Gasteiger partial charge in [0.15, 0.2) is 5.54 Å². The highest BCUT2D eigenvalue weighted by Gasteiger charge is 2.49. The average Bonchev–Trinajstić information content (AvgIpc) is 3.09. The normalized spacial score (nSPS) is 19.8. The number of Topliss-reactive ketones (excluding diaryl/α,β-unsaturated/α-hetero) is 1. The van der Waals surface area contributed by atoms with Crippen molar-refractivity contribution in [3.8, 4) is 0 Å². The van der Waals surface area contributed by atoms with Crippen molar-refractivity contribution in [1.82, 2.24) is 0 Å². The number of ketones is 1. The van der Waals surface area contributed by atoms with Crippen molar-refractivity contribution < 1.29 is 23.9 Å². The minimum atomic E-state index is -1.40. The predicted molar refractivity (Wildman–Crippen MR) is 97.0 cm³/mol. The van der Waals surface area contributed by atoms with Gasteiger partial charge in [0.2, 0.25) is 5.78 Å². The van der Waals surface area contributed by atoms with Crippen molar-refractivity contribution in [2.45, 2.75) is 44.2 Å². The third-order valence-corrected chi connectivity index (χ3v) is 3.99. The van der Waals surface area contributed by atoms with E-state index in [0.717, 1.165) is 7.11 Å². The summed E-state index contributed by atoms with van der Waals surface area (Å²) in [5.41, 5.74) is -1.42. The molecule has 0 aromatic heterocycles. The van der Waals surface area contributed by atoms with Crippen LogP contribution in [0.4, 0.5) is 0 Å². The Morgan fingerprint density at radius 1 is 1.15 bits per heavy atom. The van der Waals surface area contributed by atoms with E-state index in [2.05, 4.69) is 9.73 Å². The lowest BCUT2D eigenvalue weighted by Gasteiger charge is -2.34. The van der Waals surface area contributed by atoms with Crippen molar-refractivity contribution in [2.24, 2.45) is 4.99 Å². The second-order valence-electron chi connectivity index (χ2n) is 7.05. The molecule has 26 heavy (non-hydrogen) atoms.